The van der Waals surface area contributed by atoms with Crippen LogP contribution in [0.5, 0.6) is 5.75 Å². The quantitative estimate of drug-likeness (QED) is 0.0716. The van der Waals surface area contributed by atoms with Gasteiger partial charge in [0.05, 0.1) is 24.7 Å². The number of rotatable bonds is 12. The summed E-state index contributed by atoms with van der Waals surface area (Å²) in [5.41, 5.74) is -0.268. The summed E-state index contributed by atoms with van der Waals surface area (Å²) in [5.74, 6) is -1.31. The molecule has 0 bridgehead atoms. The fourth-order valence-corrected chi connectivity index (χ4v) is 5.62. The largest absolute Gasteiger partial charge is 0.463 e. The van der Waals surface area contributed by atoms with Gasteiger partial charge in [-0.3, -0.25) is 19.7 Å². The van der Waals surface area contributed by atoms with E-state index in [1.165, 1.54) is 12.1 Å². The van der Waals surface area contributed by atoms with Crippen molar-refractivity contribution in [3.63, 3.8) is 0 Å². The lowest BCUT2D eigenvalue weighted by molar-refractivity contribution is -0.384. The predicted octanol–water partition coefficient (Wildman–Crippen LogP) is -5.29. The molecule has 276 valence electrons. The number of ether oxygens (including phenoxy) is 6. The van der Waals surface area contributed by atoms with E-state index in [4.69, 9.17) is 28.4 Å². The maximum absolute atomic E-state index is 12.3. The van der Waals surface area contributed by atoms with E-state index in [2.05, 4.69) is 10.6 Å². The molecule has 15 atom stereocenters. The molecule has 10 N–H and O–H groups in total. The minimum atomic E-state index is -1.92. The molecule has 3 aliphatic heterocycles. The van der Waals surface area contributed by atoms with Crippen LogP contribution < -0.4 is 15.4 Å². The monoisotopic (exact) mass is 707 g/mol. The number of hydrogen-bond acceptors (Lipinski definition) is 18. The van der Waals surface area contributed by atoms with Crippen molar-refractivity contribution in [3.05, 3.63) is 34.4 Å². The number of nitrogens with zero attached hydrogens (tertiary/aromatic N) is 1. The van der Waals surface area contributed by atoms with E-state index in [-0.39, 0.29) is 11.4 Å². The van der Waals surface area contributed by atoms with Gasteiger partial charge in [-0.15, -0.1) is 0 Å². The highest BCUT2D eigenvalue weighted by Crippen LogP contribution is 2.32. The Kier molecular flexibility index (Phi) is 13.2. The summed E-state index contributed by atoms with van der Waals surface area (Å²) in [6.45, 7) is 0.0715. The van der Waals surface area contributed by atoms with Crippen molar-refractivity contribution in [3.8, 4) is 5.75 Å². The van der Waals surface area contributed by atoms with Crippen LogP contribution in [0.3, 0.4) is 0 Å². The van der Waals surface area contributed by atoms with Gasteiger partial charge in [0.25, 0.3) is 5.69 Å². The number of nitro benzene ring substituents is 1. The first-order valence-corrected chi connectivity index (χ1v) is 15.2. The third kappa shape index (κ3) is 8.96. The average Bonchev–Trinajstić information content (AvgIpc) is 3.06. The van der Waals surface area contributed by atoms with Crippen LogP contribution in [0.2, 0.25) is 0 Å². The molecule has 1 aromatic carbocycles. The SMILES string of the molecule is CC(=O)N[C@H]1[C@@H](OC[C@@H]2O[C@H](Oc3ccc([N+](=O)[O-])cc3)[C@H](NC(C)=O)[C@@H](O[C@H]3O[C@@H](CO)[C@H](O)[C@@H](O)[C@@H]3O)[C@@H]2O)O[C@H](CO)[C@H](O)[C@@H]1O. The summed E-state index contributed by atoms with van der Waals surface area (Å²) in [6.07, 6.45) is -21.4. The number of non-ortho nitro benzene ring substituents is 1. The van der Waals surface area contributed by atoms with Crippen molar-refractivity contribution in [1.29, 1.82) is 0 Å². The van der Waals surface area contributed by atoms with Crippen LogP contribution >= 0.6 is 0 Å². The van der Waals surface area contributed by atoms with Crippen molar-refractivity contribution >= 4 is 17.5 Å². The van der Waals surface area contributed by atoms with Gasteiger partial charge in [0.2, 0.25) is 18.1 Å². The first-order valence-electron chi connectivity index (χ1n) is 15.2. The van der Waals surface area contributed by atoms with Gasteiger partial charge >= 0.3 is 0 Å². The smallest absolute Gasteiger partial charge is 0.269 e. The molecular formula is C28H41N3O18. The van der Waals surface area contributed by atoms with Gasteiger partial charge in [0.1, 0.15) is 78.9 Å². The summed E-state index contributed by atoms with van der Waals surface area (Å²) >= 11 is 0. The number of amides is 2. The molecule has 3 fully saturated rings. The van der Waals surface area contributed by atoms with Gasteiger partial charge in [0, 0.05) is 26.0 Å². The molecule has 0 saturated carbocycles. The molecule has 21 heteroatoms. The van der Waals surface area contributed by atoms with E-state index >= 15 is 0 Å². The zero-order chi connectivity index (χ0) is 36.2. The highest BCUT2D eigenvalue weighted by molar-refractivity contribution is 5.73. The van der Waals surface area contributed by atoms with E-state index in [0.29, 0.717) is 0 Å². The van der Waals surface area contributed by atoms with Crippen molar-refractivity contribution in [1.82, 2.24) is 10.6 Å². The zero-order valence-corrected chi connectivity index (χ0v) is 26.2. The summed E-state index contributed by atoms with van der Waals surface area (Å²) in [4.78, 5) is 34.7. The summed E-state index contributed by atoms with van der Waals surface area (Å²) < 4.78 is 34.5. The Labute approximate surface area is 278 Å². The minimum absolute atomic E-state index is 0.00201. The molecule has 0 radical (unpaired) electrons. The summed E-state index contributed by atoms with van der Waals surface area (Å²) in [6, 6.07) is 1.92. The number of nitrogens with one attached hydrogen (secondary N) is 2. The van der Waals surface area contributed by atoms with Gasteiger partial charge in [-0.2, -0.15) is 0 Å². The van der Waals surface area contributed by atoms with Gasteiger partial charge in [-0.1, -0.05) is 0 Å². The number of hydrogen-bond donors (Lipinski definition) is 10. The van der Waals surface area contributed by atoms with Crippen LogP contribution in [0.15, 0.2) is 24.3 Å². The molecule has 0 aliphatic carbocycles. The van der Waals surface area contributed by atoms with Gasteiger partial charge in [0.15, 0.2) is 12.6 Å². The molecule has 0 unspecified atom stereocenters. The van der Waals surface area contributed by atoms with Crippen LogP contribution in [0.25, 0.3) is 0 Å². The van der Waals surface area contributed by atoms with Crippen LogP contribution in [0.1, 0.15) is 13.8 Å². The first kappa shape index (κ1) is 38.6. The second-order valence-electron chi connectivity index (χ2n) is 11.7. The lowest BCUT2D eigenvalue weighted by Crippen LogP contribution is -2.69. The highest BCUT2D eigenvalue weighted by Gasteiger charge is 2.53. The third-order valence-electron chi connectivity index (χ3n) is 8.16. The lowest BCUT2D eigenvalue weighted by Gasteiger charge is -2.48. The van der Waals surface area contributed by atoms with Crippen molar-refractivity contribution in [2.24, 2.45) is 0 Å². The Hall–Kier alpha value is -3.16. The maximum atomic E-state index is 12.3. The number of aliphatic hydroxyl groups excluding tert-OH is 8. The van der Waals surface area contributed by atoms with Crippen molar-refractivity contribution in [2.75, 3.05) is 19.8 Å². The zero-order valence-electron chi connectivity index (χ0n) is 26.2. The predicted molar refractivity (Wildman–Crippen MR) is 156 cm³/mol. The molecule has 3 heterocycles. The van der Waals surface area contributed by atoms with Crippen molar-refractivity contribution < 1.29 is 83.8 Å². The number of carbonyl (C=O) groups is 2. The van der Waals surface area contributed by atoms with Gasteiger partial charge < -0.3 is 79.9 Å². The van der Waals surface area contributed by atoms with Crippen molar-refractivity contribution in [2.45, 2.75) is 106 Å². The summed E-state index contributed by atoms with van der Waals surface area (Å²) in [7, 11) is 0. The van der Waals surface area contributed by atoms with Crippen LogP contribution in [0.4, 0.5) is 5.69 Å². The Bertz CT molecular complexity index is 1270. The maximum Gasteiger partial charge on any atom is 0.269 e. The second kappa shape index (κ2) is 16.7. The average molecular weight is 708 g/mol. The fraction of sp³-hybridized carbons (Fsp3) is 0.714. The molecular weight excluding hydrogens is 666 g/mol. The first-order chi connectivity index (χ1) is 23.2. The molecule has 21 nitrogen and oxygen atoms in total. The topological polar surface area (TPSA) is 319 Å². The van der Waals surface area contributed by atoms with E-state index in [0.717, 1.165) is 26.0 Å². The molecule has 3 aliphatic rings. The molecule has 49 heavy (non-hydrogen) atoms. The molecule has 3 saturated heterocycles. The van der Waals surface area contributed by atoms with E-state index in [1.54, 1.807) is 0 Å². The molecule has 4 rings (SSSR count). The van der Waals surface area contributed by atoms with Crippen LogP contribution in [0, 0.1) is 10.1 Å². The van der Waals surface area contributed by atoms with Gasteiger partial charge in [-0.05, 0) is 12.1 Å². The Morgan fingerprint density at radius 3 is 1.82 bits per heavy atom. The molecule has 0 aromatic heterocycles. The number of carbonyl (C=O) groups excluding carboxylic acids is 2. The molecule has 1 aromatic rings. The third-order valence-corrected chi connectivity index (χ3v) is 8.16. The number of benzene rings is 1. The van der Waals surface area contributed by atoms with Crippen LogP contribution in [-0.4, -0.2) is 169 Å². The summed E-state index contributed by atoms with van der Waals surface area (Å²) in [5, 5.41) is 98.9. The normalized spacial score (nSPS) is 39.5. The van der Waals surface area contributed by atoms with Gasteiger partial charge in [-0.25, -0.2) is 0 Å². The lowest BCUT2D eigenvalue weighted by atomic mass is 9.95. The second-order valence-corrected chi connectivity index (χ2v) is 11.7. The Morgan fingerprint density at radius 1 is 0.735 bits per heavy atom. The fourth-order valence-electron chi connectivity index (χ4n) is 5.62. The van der Waals surface area contributed by atoms with E-state index in [9.17, 15) is 60.6 Å². The van der Waals surface area contributed by atoms with E-state index in [1.807, 2.05) is 0 Å². The number of aliphatic hydroxyl groups is 8. The van der Waals surface area contributed by atoms with E-state index < -0.39 is 129 Å². The molecule has 2 amide bonds. The minimum Gasteiger partial charge on any atom is -0.463 e. The standard InChI is InChI=1S/C28H41N3O18/c1-10(34)29-17-22(39)19(36)14(7-32)46-26(17)44-9-16-21(38)25(49-28-24(41)23(40)20(37)15(8-33)47-28)18(30-11(2)35)27(48-16)45-13-5-3-12(4-6-13)31(42)43/h3-6,14-28,32-33,36-41H,7-9H2,1-2H3,(H,29,34)(H,30,35)/t14-,15+,16+,17-,18-,19+,20+,21-,22-,23-,24+,25-,26+,27+,28-/m1/s1. The Balaban J connectivity index is 1.65. The number of nitro groups is 1. The Morgan fingerprint density at radius 2 is 1.27 bits per heavy atom. The van der Waals surface area contributed by atoms with Crippen LogP contribution in [-0.2, 0) is 33.3 Å². The molecule has 0 spiro atoms. The highest BCUT2D eigenvalue weighted by atomic mass is 16.7.